The molecule has 0 saturated carbocycles. The van der Waals surface area contributed by atoms with E-state index < -0.39 is 0 Å². The minimum absolute atomic E-state index is 0. The first-order valence-corrected chi connectivity index (χ1v) is 20.3. The molecule has 8 heteroatoms. The molecule has 0 aliphatic carbocycles. The zero-order chi connectivity index (χ0) is 40.6. The van der Waals surface area contributed by atoms with Gasteiger partial charge >= 0.3 is 0 Å². The fraction of sp³-hybridized carbons (Fsp3) is 0.192. The zero-order valence-electron chi connectivity index (χ0n) is 34.6. The third-order valence-electron chi connectivity index (χ3n) is 11.2. The van der Waals surface area contributed by atoms with E-state index in [1.54, 1.807) is 0 Å². The molecular formula is C52H44IrN4O3-2. The summed E-state index contributed by atoms with van der Waals surface area (Å²) in [6, 6.07) is 47.7. The third kappa shape index (κ3) is 6.55. The van der Waals surface area contributed by atoms with Gasteiger partial charge in [-0.05, 0) is 76.0 Å². The molecule has 7 nitrogen and oxygen atoms in total. The molecule has 11 rings (SSSR count). The predicted octanol–water partition coefficient (Wildman–Crippen LogP) is 14.4. The topological polar surface area (TPSA) is 61.6 Å². The van der Waals surface area contributed by atoms with Crippen LogP contribution in [0.25, 0.3) is 39.4 Å². The Bertz CT molecular complexity index is 2810. The van der Waals surface area contributed by atoms with E-state index in [2.05, 4.69) is 124 Å². The van der Waals surface area contributed by atoms with Gasteiger partial charge in [-0.2, -0.15) is 0 Å². The van der Waals surface area contributed by atoms with Gasteiger partial charge in [-0.1, -0.05) is 115 Å². The van der Waals surface area contributed by atoms with Crippen molar-refractivity contribution < 1.29 is 34.3 Å². The fourth-order valence-corrected chi connectivity index (χ4v) is 8.22. The SMILES string of the molecule is CC(C)(C)c1ccc(-c2[c-]cccc2)nc1.CC(C)c1cccc(C(C)C)c1-n1c(-c2[c-]c3c4c(c2)Oc2cccc5c2N4c2c(cccc2O5)O3)nc2ccccc21.[Ir]. The molecule has 6 aromatic carbocycles. The quantitative estimate of drug-likeness (QED) is 0.160. The molecule has 0 fully saturated rings. The number of hydrogen-bond acceptors (Lipinski definition) is 6. The molecule has 1 radical (unpaired) electrons. The van der Waals surface area contributed by atoms with Crippen molar-refractivity contribution >= 4 is 28.1 Å². The molecule has 0 N–H and O–H groups in total. The number of fused-ring (bicyclic) bond motifs is 1. The van der Waals surface area contributed by atoms with Gasteiger partial charge in [0.25, 0.3) is 0 Å². The Morgan fingerprint density at radius 3 is 1.82 bits per heavy atom. The Morgan fingerprint density at radius 2 is 1.22 bits per heavy atom. The van der Waals surface area contributed by atoms with Gasteiger partial charge in [-0.15, -0.1) is 41.5 Å². The number of nitrogens with zero attached hydrogens (tertiary/aromatic N) is 4. The van der Waals surface area contributed by atoms with E-state index in [0.717, 1.165) is 68.0 Å². The standard InChI is InChI=1S/C37H28N3O3.C15H16N.Ir/c1-20(2)23-10-7-11-24(21(3)4)33(23)39-26-13-6-5-12-25(26)38-37(39)22-18-31-36-32(19-22)43-30-17-9-15-28-35(30)40(36)34-27(41-28)14-8-16-29(34)42-31;1-15(2,3)13-9-10-14(16-11-13)12-7-5-4-6-8-12;/h5-18,20-21H,1-4H3;4-7,9-11H,1-3H3;/q2*-1;. The molecule has 5 heterocycles. The second kappa shape index (κ2) is 15.1. The first kappa shape index (κ1) is 39.3. The van der Waals surface area contributed by atoms with Gasteiger partial charge in [0.05, 0.1) is 28.4 Å². The largest absolute Gasteiger partial charge is 0.472 e. The summed E-state index contributed by atoms with van der Waals surface area (Å²) in [4.78, 5) is 11.9. The summed E-state index contributed by atoms with van der Waals surface area (Å²) < 4.78 is 21.7. The van der Waals surface area contributed by atoms with Crippen LogP contribution < -0.4 is 19.1 Å². The predicted molar refractivity (Wildman–Crippen MR) is 236 cm³/mol. The number of pyridine rings is 1. The molecule has 3 aliphatic heterocycles. The van der Waals surface area contributed by atoms with Gasteiger partial charge in [0.1, 0.15) is 11.4 Å². The Kier molecular flexibility index (Phi) is 9.89. The Labute approximate surface area is 365 Å². The normalized spacial score (nSPS) is 12.8. The summed E-state index contributed by atoms with van der Waals surface area (Å²) in [6.45, 7) is 15.6. The Hall–Kier alpha value is -6.21. The second-order valence-corrected chi connectivity index (χ2v) is 16.9. The second-order valence-electron chi connectivity index (χ2n) is 16.9. The number of benzene rings is 6. The summed E-state index contributed by atoms with van der Waals surface area (Å²) in [5.74, 6) is 5.67. The number of anilines is 3. The van der Waals surface area contributed by atoms with E-state index in [0.29, 0.717) is 29.1 Å². The van der Waals surface area contributed by atoms with Gasteiger partial charge in [0, 0.05) is 37.7 Å². The maximum absolute atomic E-state index is 6.60. The monoisotopic (exact) mass is 965 g/mol. The van der Waals surface area contributed by atoms with Crippen molar-refractivity contribution in [1.29, 1.82) is 0 Å². The van der Waals surface area contributed by atoms with Crippen LogP contribution in [0.4, 0.5) is 17.1 Å². The molecule has 2 aromatic heterocycles. The number of imidazole rings is 1. The van der Waals surface area contributed by atoms with Crippen molar-refractivity contribution in [3.05, 3.63) is 156 Å². The molecule has 0 saturated heterocycles. The number of rotatable bonds is 5. The maximum atomic E-state index is 6.60. The van der Waals surface area contributed by atoms with Crippen molar-refractivity contribution in [3.8, 4) is 62.8 Å². The molecule has 0 amide bonds. The van der Waals surface area contributed by atoms with Crippen LogP contribution in [0, 0.1) is 12.1 Å². The van der Waals surface area contributed by atoms with Crippen LogP contribution in [0.1, 0.15) is 77.0 Å². The van der Waals surface area contributed by atoms with Crippen molar-refractivity contribution in [2.45, 2.75) is 65.7 Å². The van der Waals surface area contributed by atoms with E-state index in [1.807, 2.05) is 79.0 Å². The van der Waals surface area contributed by atoms with E-state index >= 15 is 0 Å². The van der Waals surface area contributed by atoms with Gasteiger partial charge in [-0.25, -0.2) is 0 Å². The first-order chi connectivity index (χ1) is 28.5. The summed E-state index contributed by atoms with van der Waals surface area (Å²) in [5.41, 5.74) is 12.5. The zero-order valence-corrected chi connectivity index (χ0v) is 37.0. The van der Waals surface area contributed by atoms with E-state index in [-0.39, 0.29) is 25.5 Å². The van der Waals surface area contributed by atoms with Gasteiger partial charge < -0.3 is 28.7 Å². The molecule has 0 spiro atoms. The van der Waals surface area contributed by atoms with E-state index in [1.165, 1.54) is 22.4 Å². The van der Waals surface area contributed by atoms with Crippen molar-refractivity contribution in [3.63, 3.8) is 0 Å². The van der Waals surface area contributed by atoms with Gasteiger partial charge in [0.15, 0.2) is 23.0 Å². The van der Waals surface area contributed by atoms with Crippen LogP contribution >= 0.6 is 0 Å². The van der Waals surface area contributed by atoms with Crippen LogP contribution in [-0.2, 0) is 25.5 Å². The molecule has 0 atom stereocenters. The third-order valence-corrected chi connectivity index (χ3v) is 11.2. The maximum Gasteiger partial charge on any atom is 0.154 e. The van der Waals surface area contributed by atoms with Crippen molar-refractivity contribution in [2.24, 2.45) is 0 Å². The van der Waals surface area contributed by atoms with Crippen molar-refractivity contribution in [1.82, 2.24) is 14.5 Å². The van der Waals surface area contributed by atoms with E-state index in [4.69, 9.17) is 19.2 Å². The summed E-state index contributed by atoms with van der Waals surface area (Å²) in [5, 5.41) is 0. The number of hydrogen-bond donors (Lipinski definition) is 0. The summed E-state index contributed by atoms with van der Waals surface area (Å²) in [6.07, 6.45) is 1.95. The van der Waals surface area contributed by atoms with Gasteiger partial charge in [0.2, 0.25) is 0 Å². The molecule has 3 aliphatic rings. The summed E-state index contributed by atoms with van der Waals surface area (Å²) >= 11 is 0. The average molecular weight is 965 g/mol. The molecule has 60 heavy (non-hydrogen) atoms. The smallest absolute Gasteiger partial charge is 0.154 e. The average Bonchev–Trinajstić information content (AvgIpc) is 3.63. The van der Waals surface area contributed by atoms with Crippen LogP contribution in [0.3, 0.4) is 0 Å². The molecule has 0 unspecified atom stereocenters. The minimum atomic E-state index is 0. The van der Waals surface area contributed by atoms with Crippen LogP contribution in [-0.4, -0.2) is 14.5 Å². The Morgan fingerprint density at radius 1 is 0.600 bits per heavy atom. The Balaban J connectivity index is 0.000000230. The minimum Gasteiger partial charge on any atom is -0.472 e. The van der Waals surface area contributed by atoms with Gasteiger partial charge in [-0.3, -0.25) is 4.98 Å². The van der Waals surface area contributed by atoms with Crippen molar-refractivity contribution in [2.75, 3.05) is 4.90 Å². The number of ether oxygens (including phenoxy) is 3. The number of aromatic nitrogens is 3. The molecule has 0 bridgehead atoms. The van der Waals surface area contributed by atoms with E-state index in [9.17, 15) is 0 Å². The van der Waals surface area contributed by atoms with Crippen LogP contribution in [0.2, 0.25) is 0 Å². The molecule has 8 aromatic rings. The first-order valence-electron chi connectivity index (χ1n) is 20.3. The van der Waals surface area contributed by atoms with Crippen LogP contribution in [0.5, 0.6) is 34.5 Å². The summed E-state index contributed by atoms with van der Waals surface area (Å²) in [7, 11) is 0. The van der Waals surface area contributed by atoms with Crippen LogP contribution in [0.15, 0.2) is 128 Å². The number of para-hydroxylation sites is 5. The molecule has 301 valence electrons. The molecular weight excluding hydrogens is 921 g/mol. The fourth-order valence-electron chi connectivity index (χ4n) is 8.22.